The lowest BCUT2D eigenvalue weighted by Gasteiger charge is -2.14. The molecule has 2 aromatic carbocycles. The first kappa shape index (κ1) is 17.6. The highest BCUT2D eigenvalue weighted by Crippen LogP contribution is 2.38. The Labute approximate surface area is 152 Å². The molecule has 0 atom stereocenters. The highest BCUT2D eigenvalue weighted by molar-refractivity contribution is 5.54. The number of hydrogen-bond donors (Lipinski definition) is 1. The largest absolute Gasteiger partial charge is 0.493 e. The third kappa shape index (κ3) is 3.56. The van der Waals surface area contributed by atoms with Crippen LogP contribution < -0.4 is 19.9 Å². The van der Waals surface area contributed by atoms with Gasteiger partial charge in [0.15, 0.2) is 11.5 Å². The molecule has 0 aliphatic heterocycles. The molecule has 1 heterocycles. The molecule has 2 N–H and O–H groups in total. The summed E-state index contributed by atoms with van der Waals surface area (Å²) in [4.78, 5) is 4.36. The third-order valence-corrected chi connectivity index (χ3v) is 4.05. The number of nitrogens with two attached hydrogens (primary N) is 1. The van der Waals surface area contributed by atoms with E-state index < -0.39 is 0 Å². The fourth-order valence-corrected chi connectivity index (χ4v) is 2.84. The zero-order valence-corrected chi connectivity index (χ0v) is 15.1. The Morgan fingerprint density at radius 3 is 2.15 bits per heavy atom. The summed E-state index contributed by atoms with van der Waals surface area (Å²) < 4.78 is 18.0. The second kappa shape index (κ2) is 7.77. The van der Waals surface area contributed by atoms with E-state index in [0.29, 0.717) is 23.7 Å². The lowest BCUT2D eigenvalue weighted by Crippen LogP contribution is -2.05. The van der Waals surface area contributed by atoms with Gasteiger partial charge in [0.1, 0.15) is 5.82 Å². The van der Waals surface area contributed by atoms with Gasteiger partial charge in [0, 0.05) is 6.42 Å². The number of methoxy groups -OCH3 is 3. The van der Waals surface area contributed by atoms with E-state index in [1.165, 1.54) is 0 Å². The second-order valence-corrected chi connectivity index (χ2v) is 5.67. The molecule has 0 saturated carbocycles. The number of benzene rings is 2. The molecular weight excluding hydrogens is 332 g/mol. The van der Waals surface area contributed by atoms with E-state index in [4.69, 9.17) is 19.9 Å². The van der Waals surface area contributed by atoms with Crippen LogP contribution in [-0.2, 0) is 12.8 Å². The van der Waals surface area contributed by atoms with Crippen LogP contribution in [0.1, 0.15) is 11.4 Å². The molecule has 0 radical (unpaired) electrons. The second-order valence-electron chi connectivity index (χ2n) is 5.67. The van der Waals surface area contributed by atoms with E-state index in [2.05, 4.69) is 10.1 Å². The molecular formula is C19H22N4O3. The van der Waals surface area contributed by atoms with E-state index in [-0.39, 0.29) is 5.95 Å². The summed E-state index contributed by atoms with van der Waals surface area (Å²) in [6.07, 6.45) is 1.39. The van der Waals surface area contributed by atoms with Gasteiger partial charge in [-0.25, -0.2) is 4.68 Å². The molecule has 136 valence electrons. The Kier molecular flexibility index (Phi) is 5.26. The fraction of sp³-hybridized carbons (Fsp3) is 0.263. The Morgan fingerprint density at radius 1 is 0.923 bits per heavy atom. The average molecular weight is 354 g/mol. The summed E-state index contributed by atoms with van der Waals surface area (Å²) in [6.45, 7) is 0. The number of nitrogen functional groups attached to an aromatic ring is 1. The minimum Gasteiger partial charge on any atom is -0.493 e. The monoisotopic (exact) mass is 354 g/mol. The SMILES string of the molecule is COc1cc(CCc2nc(N)nn2-c2ccccc2)cc(OC)c1OC. The molecule has 0 amide bonds. The molecule has 1 aromatic heterocycles. The van der Waals surface area contributed by atoms with E-state index in [1.54, 1.807) is 26.0 Å². The summed E-state index contributed by atoms with van der Waals surface area (Å²) in [5, 5.41) is 4.30. The first-order chi connectivity index (χ1) is 12.7. The Balaban J connectivity index is 1.86. The zero-order chi connectivity index (χ0) is 18.5. The first-order valence-corrected chi connectivity index (χ1v) is 8.22. The van der Waals surface area contributed by atoms with E-state index in [0.717, 1.165) is 23.5 Å². The maximum Gasteiger partial charge on any atom is 0.240 e. The van der Waals surface area contributed by atoms with E-state index in [1.807, 2.05) is 42.5 Å². The molecule has 0 fully saturated rings. The molecule has 3 aromatic rings. The van der Waals surface area contributed by atoms with Crippen LogP contribution in [0.2, 0.25) is 0 Å². The van der Waals surface area contributed by atoms with Gasteiger partial charge in [0.2, 0.25) is 11.7 Å². The summed E-state index contributed by atoms with van der Waals surface area (Å²) >= 11 is 0. The summed E-state index contributed by atoms with van der Waals surface area (Å²) in [5.74, 6) is 2.89. The van der Waals surface area contributed by atoms with Crippen LogP contribution in [0.25, 0.3) is 5.69 Å². The van der Waals surface area contributed by atoms with Crippen LogP contribution in [0.5, 0.6) is 17.2 Å². The number of hydrogen-bond acceptors (Lipinski definition) is 6. The molecule has 7 heteroatoms. The molecule has 0 saturated heterocycles. The average Bonchev–Trinajstić information content (AvgIpc) is 3.06. The molecule has 0 bridgehead atoms. The smallest absolute Gasteiger partial charge is 0.240 e. The van der Waals surface area contributed by atoms with Crippen molar-refractivity contribution in [3.05, 3.63) is 53.9 Å². The van der Waals surface area contributed by atoms with Gasteiger partial charge in [-0.3, -0.25) is 0 Å². The van der Waals surface area contributed by atoms with Gasteiger partial charge in [-0.1, -0.05) is 18.2 Å². The van der Waals surface area contributed by atoms with Gasteiger partial charge in [-0.15, -0.1) is 5.10 Å². The molecule has 7 nitrogen and oxygen atoms in total. The van der Waals surface area contributed by atoms with Crippen molar-refractivity contribution in [2.24, 2.45) is 0 Å². The summed E-state index contributed by atoms with van der Waals surface area (Å²) in [5.41, 5.74) is 7.79. The number of para-hydroxylation sites is 1. The van der Waals surface area contributed by atoms with Gasteiger partial charge >= 0.3 is 0 Å². The minimum atomic E-state index is 0.258. The molecule has 0 aliphatic rings. The Morgan fingerprint density at radius 2 is 1.58 bits per heavy atom. The van der Waals surface area contributed by atoms with Crippen molar-refractivity contribution in [2.75, 3.05) is 27.1 Å². The van der Waals surface area contributed by atoms with Gasteiger partial charge in [-0.2, -0.15) is 4.98 Å². The Bertz CT molecular complexity index is 853. The molecule has 26 heavy (non-hydrogen) atoms. The summed E-state index contributed by atoms with van der Waals surface area (Å²) in [7, 11) is 4.80. The number of rotatable bonds is 7. The number of nitrogens with zero attached hydrogens (tertiary/aromatic N) is 3. The van der Waals surface area contributed by atoms with Crippen LogP contribution in [0.3, 0.4) is 0 Å². The van der Waals surface area contributed by atoms with Gasteiger partial charge < -0.3 is 19.9 Å². The lowest BCUT2D eigenvalue weighted by atomic mass is 10.1. The predicted octanol–water partition coefficient (Wildman–Crippen LogP) is 2.66. The van der Waals surface area contributed by atoms with Gasteiger partial charge in [0.05, 0.1) is 27.0 Å². The zero-order valence-electron chi connectivity index (χ0n) is 15.1. The van der Waals surface area contributed by atoms with Crippen molar-refractivity contribution in [1.82, 2.24) is 14.8 Å². The maximum absolute atomic E-state index is 5.82. The number of anilines is 1. The van der Waals surface area contributed by atoms with Gasteiger partial charge in [0.25, 0.3) is 0 Å². The number of ether oxygens (including phenoxy) is 3. The van der Waals surface area contributed by atoms with Crippen molar-refractivity contribution in [3.63, 3.8) is 0 Å². The highest BCUT2D eigenvalue weighted by atomic mass is 16.5. The molecule has 3 rings (SSSR count). The van der Waals surface area contributed by atoms with Crippen molar-refractivity contribution < 1.29 is 14.2 Å². The van der Waals surface area contributed by atoms with Crippen LogP contribution in [-0.4, -0.2) is 36.1 Å². The standard InChI is InChI=1S/C19H22N4O3/c1-24-15-11-13(12-16(25-2)18(15)26-3)9-10-17-21-19(20)22-23(17)14-7-5-4-6-8-14/h4-8,11-12H,9-10H2,1-3H3,(H2,20,22). The highest BCUT2D eigenvalue weighted by Gasteiger charge is 2.15. The predicted molar refractivity (Wildman–Crippen MR) is 99.3 cm³/mol. The van der Waals surface area contributed by atoms with Crippen LogP contribution in [0.15, 0.2) is 42.5 Å². The van der Waals surface area contributed by atoms with Crippen molar-refractivity contribution in [1.29, 1.82) is 0 Å². The van der Waals surface area contributed by atoms with Crippen molar-refractivity contribution in [2.45, 2.75) is 12.8 Å². The number of aromatic nitrogens is 3. The van der Waals surface area contributed by atoms with Crippen LogP contribution in [0.4, 0.5) is 5.95 Å². The third-order valence-electron chi connectivity index (χ3n) is 4.05. The summed E-state index contributed by atoms with van der Waals surface area (Å²) in [6, 6.07) is 13.7. The maximum atomic E-state index is 5.82. The number of aryl methyl sites for hydroxylation is 2. The van der Waals surface area contributed by atoms with Gasteiger partial charge in [-0.05, 0) is 36.2 Å². The lowest BCUT2D eigenvalue weighted by molar-refractivity contribution is 0.324. The molecule has 0 unspecified atom stereocenters. The normalized spacial score (nSPS) is 10.6. The van der Waals surface area contributed by atoms with Crippen molar-refractivity contribution >= 4 is 5.95 Å². The van der Waals surface area contributed by atoms with Crippen LogP contribution >= 0.6 is 0 Å². The van der Waals surface area contributed by atoms with E-state index >= 15 is 0 Å². The molecule has 0 aliphatic carbocycles. The first-order valence-electron chi connectivity index (χ1n) is 8.22. The van der Waals surface area contributed by atoms with Crippen molar-refractivity contribution in [3.8, 4) is 22.9 Å². The van der Waals surface area contributed by atoms with E-state index in [9.17, 15) is 0 Å². The quantitative estimate of drug-likeness (QED) is 0.702. The topological polar surface area (TPSA) is 84.4 Å². The molecule has 0 spiro atoms. The Hall–Kier alpha value is -3.22. The minimum absolute atomic E-state index is 0.258. The fourth-order valence-electron chi connectivity index (χ4n) is 2.84. The van der Waals surface area contributed by atoms with Crippen LogP contribution in [0, 0.1) is 0 Å².